The largest absolute Gasteiger partial charge is 0.338 e. The van der Waals surface area contributed by atoms with Gasteiger partial charge >= 0.3 is 6.03 Å². The summed E-state index contributed by atoms with van der Waals surface area (Å²) in [6.45, 7) is 4.44. The summed E-state index contributed by atoms with van der Waals surface area (Å²) >= 11 is 1.62. The van der Waals surface area contributed by atoms with Crippen molar-refractivity contribution in [2.24, 2.45) is 0 Å². The predicted molar refractivity (Wildman–Crippen MR) is 87.8 cm³/mol. The summed E-state index contributed by atoms with van der Waals surface area (Å²) in [6.07, 6.45) is 3.48. The number of rotatable bonds is 6. The van der Waals surface area contributed by atoms with Crippen LogP contribution >= 0.6 is 11.3 Å². The Morgan fingerprint density at radius 3 is 2.68 bits per heavy atom. The van der Waals surface area contributed by atoms with Gasteiger partial charge in [0.15, 0.2) is 0 Å². The number of carbonyl (C=O) groups is 1. The molecule has 0 aliphatic carbocycles. The number of benzene rings is 1. The second-order valence-electron chi connectivity index (χ2n) is 5.20. The summed E-state index contributed by atoms with van der Waals surface area (Å²) in [7, 11) is 0. The van der Waals surface area contributed by atoms with Gasteiger partial charge in [-0.05, 0) is 44.5 Å². The smallest absolute Gasteiger partial charge is 0.322 e. The highest BCUT2D eigenvalue weighted by atomic mass is 32.1. The number of nitrogens with zero attached hydrogens (tertiary/aromatic N) is 2. The highest BCUT2D eigenvalue weighted by Crippen LogP contribution is 2.17. The molecule has 0 aliphatic rings. The van der Waals surface area contributed by atoms with Crippen molar-refractivity contribution in [1.29, 1.82) is 0 Å². The zero-order chi connectivity index (χ0) is 15.9. The van der Waals surface area contributed by atoms with Crippen LogP contribution in [0.15, 0.2) is 35.8 Å². The second kappa shape index (κ2) is 7.89. The molecule has 0 aliphatic heterocycles. The molecule has 1 N–H and O–H groups in total. The number of carbonyl (C=O) groups excluding carboxylic acids is 1. The lowest BCUT2D eigenvalue weighted by atomic mass is 10.2. The van der Waals surface area contributed by atoms with E-state index in [4.69, 9.17) is 0 Å². The Labute approximate surface area is 134 Å². The molecule has 2 aromatic rings. The normalized spacial score (nSPS) is 10.7. The first-order chi connectivity index (χ1) is 10.6. The predicted octanol–water partition coefficient (Wildman–Crippen LogP) is 3.84. The Hall–Kier alpha value is -1.95. The monoisotopic (exact) mass is 321 g/mol. The van der Waals surface area contributed by atoms with Crippen LogP contribution in [-0.2, 0) is 6.42 Å². The molecule has 0 spiro atoms. The van der Waals surface area contributed by atoms with Gasteiger partial charge in [-0.15, -0.1) is 11.3 Å². The maximum absolute atomic E-state index is 13.0. The third-order valence-corrected chi connectivity index (χ3v) is 4.01. The fraction of sp³-hybridized carbons (Fsp3) is 0.375. The van der Waals surface area contributed by atoms with E-state index in [2.05, 4.69) is 10.3 Å². The van der Waals surface area contributed by atoms with Crippen LogP contribution in [0.3, 0.4) is 0 Å². The quantitative estimate of drug-likeness (QED) is 0.822. The summed E-state index contributed by atoms with van der Waals surface area (Å²) < 4.78 is 13.0. The highest BCUT2D eigenvalue weighted by Gasteiger charge is 2.18. The Balaban J connectivity index is 1.88. The molecule has 0 saturated heterocycles. The Morgan fingerprint density at radius 1 is 1.36 bits per heavy atom. The van der Waals surface area contributed by atoms with Gasteiger partial charge in [-0.3, -0.25) is 4.90 Å². The standard InChI is InChI=1S/C16H20FN3OS/c1-12(2)20(14-7-5-13(17)6-8-14)16(21)19-9-3-4-15-18-10-11-22-15/h5-8,10-12H,3-4,9H2,1-2H3,(H,19,21). The van der Waals surface area contributed by atoms with Gasteiger partial charge in [-0.25, -0.2) is 14.2 Å². The van der Waals surface area contributed by atoms with E-state index in [1.165, 1.54) is 12.1 Å². The molecule has 0 unspecified atom stereocenters. The lowest BCUT2D eigenvalue weighted by Crippen LogP contribution is -2.44. The van der Waals surface area contributed by atoms with Gasteiger partial charge in [-0.1, -0.05) is 0 Å². The van der Waals surface area contributed by atoms with Gasteiger partial charge in [-0.2, -0.15) is 0 Å². The topological polar surface area (TPSA) is 45.2 Å². The van der Waals surface area contributed by atoms with Crippen LogP contribution in [-0.4, -0.2) is 23.6 Å². The number of halogens is 1. The molecule has 0 bridgehead atoms. The lowest BCUT2D eigenvalue weighted by molar-refractivity contribution is 0.244. The first-order valence-corrected chi connectivity index (χ1v) is 8.17. The average molecular weight is 321 g/mol. The molecule has 0 atom stereocenters. The van der Waals surface area contributed by atoms with Gasteiger partial charge in [0.1, 0.15) is 5.82 Å². The SMILES string of the molecule is CC(C)N(C(=O)NCCCc1nccs1)c1ccc(F)cc1. The zero-order valence-corrected chi connectivity index (χ0v) is 13.6. The van der Waals surface area contributed by atoms with Crippen molar-refractivity contribution in [2.45, 2.75) is 32.7 Å². The number of amides is 2. The minimum atomic E-state index is -0.309. The third kappa shape index (κ3) is 4.53. The molecule has 0 radical (unpaired) electrons. The number of aromatic nitrogens is 1. The summed E-state index contributed by atoms with van der Waals surface area (Å²) in [4.78, 5) is 18.2. The number of hydrogen-bond donors (Lipinski definition) is 1. The minimum absolute atomic E-state index is 0.00979. The molecule has 1 heterocycles. The molecule has 2 rings (SSSR count). The van der Waals surface area contributed by atoms with Crippen molar-refractivity contribution in [3.63, 3.8) is 0 Å². The fourth-order valence-electron chi connectivity index (χ4n) is 2.15. The maximum atomic E-state index is 13.0. The highest BCUT2D eigenvalue weighted by molar-refractivity contribution is 7.09. The van der Waals surface area contributed by atoms with Gasteiger partial charge in [0.2, 0.25) is 0 Å². The van der Waals surface area contributed by atoms with Crippen LogP contribution < -0.4 is 10.2 Å². The summed E-state index contributed by atoms with van der Waals surface area (Å²) in [6, 6.07) is 5.78. The maximum Gasteiger partial charge on any atom is 0.322 e. The minimum Gasteiger partial charge on any atom is -0.338 e. The molecule has 1 aromatic carbocycles. The second-order valence-corrected chi connectivity index (χ2v) is 6.18. The van der Waals surface area contributed by atoms with Crippen molar-refractivity contribution in [1.82, 2.24) is 10.3 Å². The number of hydrogen-bond acceptors (Lipinski definition) is 3. The van der Waals surface area contributed by atoms with Crippen molar-refractivity contribution < 1.29 is 9.18 Å². The van der Waals surface area contributed by atoms with Crippen molar-refractivity contribution in [3.8, 4) is 0 Å². The van der Waals surface area contributed by atoms with Crippen LogP contribution in [0.5, 0.6) is 0 Å². The molecule has 1 aromatic heterocycles. The van der Waals surface area contributed by atoms with Gasteiger partial charge in [0, 0.05) is 36.3 Å². The Bertz CT molecular complexity index is 584. The van der Waals surface area contributed by atoms with E-state index in [-0.39, 0.29) is 17.9 Å². The molecular weight excluding hydrogens is 301 g/mol. The molecule has 0 fully saturated rings. The lowest BCUT2D eigenvalue weighted by Gasteiger charge is -2.27. The van der Waals surface area contributed by atoms with E-state index in [9.17, 15) is 9.18 Å². The van der Waals surface area contributed by atoms with Crippen molar-refractivity contribution in [2.75, 3.05) is 11.4 Å². The van der Waals surface area contributed by atoms with E-state index in [1.54, 1.807) is 34.6 Å². The van der Waals surface area contributed by atoms with E-state index < -0.39 is 0 Å². The number of thiazole rings is 1. The van der Waals surface area contributed by atoms with E-state index >= 15 is 0 Å². The fourth-order valence-corrected chi connectivity index (χ4v) is 2.81. The molecule has 22 heavy (non-hydrogen) atoms. The van der Waals surface area contributed by atoms with E-state index in [0.717, 1.165) is 17.8 Å². The number of aryl methyl sites for hydroxylation is 1. The summed E-state index contributed by atoms with van der Waals surface area (Å²) in [5, 5.41) is 5.93. The van der Waals surface area contributed by atoms with Gasteiger partial charge in [0.05, 0.1) is 5.01 Å². The van der Waals surface area contributed by atoms with Crippen LogP contribution in [0.25, 0.3) is 0 Å². The molecule has 0 saturated carbocycles. The van der Waals surface area contributed by atoms with Crippen molar-refractivity contribution >= 4 is 23.1 Å². The molecule has 118 valence electrons. The zero-order valence-electron chi connectivity index (χ0n) is 12.8. The number of anilines is 1. The van der Waals surface area contributed by atoms with Crippen LogP contribution in [0.2, 0.25) is 0 Å². The van der Waals surface area contributed by atoms with E-state index in [0.29, 0.717) is 12.2 Å². The Kier molecular flexibility index (Phi) is 5.89. The van der Waals surface area contributed by atoms with Gasteiger partial charge < -0.3 is 5.32 Å². The molecular formula is C16H20FN3OS. The summed E-state index contributed by atoms with van der Waals surface area (Å²) in [5.74, 6) is -0.309. The van der Waals surface area contributed by atoms with E-state index in [1.807, 2.05) is 19.2 Å². The molecule has 6 heteroatoms. The average Bonchev–Trinajstić information content (AvgIpc) is 2.99. The Morgan fingerprint density at radius 2 is 2.09 bits per heavy atom. The third-order valence-electron chi connectivity index (χ3n) is 3.17. The summed E-state index contributed by atoms with van der Waals surface area (Å²) in [5.41, 5.74) is 0.689. The molecule has 2 amide bonds. The van der Waals surface area contributed by atoms with Crippen molar-refractivity contribution in [3.05, 3.63) is 46.7 Å². The van der Waals surface area contributed by atoms with Crippen LogP contribution in [0.1, 0.15) is 25.3 Å². The number of nitrogens with one attached hydrogen (secondary N) is 1. The number of urea groups is 1. The first kappa shape index (κ1) is 16.4. The van der Waals surface area contributed by atoms with Gasteiger partial charge in [0.25, 0.3) is 0 Å². The molecule has 4 nitrogen and oxygen atoms in total. The van der Waals surface area contributed by atoms with Crippen LogP contribution in [0, 0.1) is 5.82 Å². The van der Waals surface area contributed by atoms with Crippen LogP contribution in [0.4, 0.5) is 14.9 Å². The first-order valence-electron chi connectivity index (χ1n) is 7.29.